The number of nitrogens with zero attached hydrogens (tertiary/aromatic N) is 1. The molecular weight excluding hydrogens is 1230 g/mol. The standard InChI is InChI=1S/C88H160NO8P/c1-6-8-10-12-14-16-18-20-22-24-26-28-30-32-34-36-38-40-42-44-46-48-50-52-54-56-58-60-62-64-66-68-70-72-74-76-78-80-87(90)94-84-86(85-96-98(92,93)95-83-82-89(3,4)5)97-88(91)81-79-77-75-73-71-69-67-65-63-61-59-57-55-53-51-49-47-45-43-41-39-37-35-33-31-29-27-25-23-21-19-17-15-13-11-9-7-2/h8-11,14-17,20-23,26-29,86H,6-7,12-13,18-19,24-25,30-85H2,1-5H3/b10-8-,11-9-,16-14-,17-15-,22-20-,23-21-,28-26-,29-27-. The molecule has 570 valence electrons. The zero-order chi connectivity index (χ0) is 71.1. The highest BCUT2D eigenvalue weighted by Crippen LogP contribution is 2.38. The van der Waals surface area contributed by atoms with Crippen LogP contribution in [0.15, 0.2) is 97.2 Å². The topological polar surface area (TPSA) is 111 Å². The van der Waals surface area contributed by atoms with E-state index in [9.17, 15) is 19.0 Å². The summed E-state index contributed by atoms with van der Waals surface area (Å²) in [5.41, 5.74) is 0. The number of phosphoric acid groups is 1. The molecule has 0 aliphatic heterocycles. The van der Waals surface area contributed by atoms with Crippen LogP contribution >= 0.6 is 7.82 Å². The van der Waals surface area contributed by atoms with Gasteiger partial charge in [-0.25, -0.2) is 0 Å². The number of esters is 2. The number of hydrogen-bond acceptors (Lipinski definition) is 8. The number of allylic oxidation sites excluding steroid dienone is 16. The molecule has 2 atom stereocenters. The Morgan fingerprint density at radius 1 is 0.316 bits per heavy atom. The fourth-order valence-electron chi connectivity index (χ4n) is 12.3. The first-order valence-electron chi connectivity index (χ1n) is 41.9. The molecule has 0 aliphatic carbocycles. The molecule has 2 unspecified atom stereocenters. The molecule has 0 radical (unpaired) electrons. The third-order valence-electron chi connectivity index (χ3n) is 18.6. The molecule has 0 fully saturated rings. The second kappa shape index (κ2) is 78.1. The van der Waals surface area contributed by atoms with Crippen LogP contribution < -0.4 is 4.89 Å². The maximum Gasteiger partial charge on any atom is 0.306 e. The van der Waals surface area contributed by atoms with E-state index in [1.807, 2.05) is 21.1 Å². The van der Waals surface area contributed by atoms with Gasteiger partial charge in [-0.2, -0.15) is 0 Å². The predicted octanol–water partition coefficient (Wildman–Crippen LogP) is 27.5. The smallest absolute Gasteiger partial charge is 0.306 e. The van der Waals surface area contributed by atoms with Gasteiger partial charge in [-0.05, 0) is 89.9 Å². The maximum atomic E-state index is 12.9. The van der Waals surface area contributed by atoms with Gasteiger partial charge in [0.05, 0.1) is 27.7 Å². The zero-order valence-electron chi connectivity index (χ0n) is 65.2. The Morgan fingerprint density at radius 3 is 0.816 bits per heavy atom. The summed E-state index contributed by atoms with van der Waals surface area (Å²) >= 11 is 0. The number of phosphoric ester groups is 1. The van der Waals surface area contributed by atoms with E-state index >= 15 is 0 Å². The Kier molecular flexibility index (Phi) is 75.6. The fraction of sp³-hybridized carbons (Fsp3) is 0.795. The highest BCUT2D eigenvalue weighted by Gasteiger charge is 2.22. The summed E-state index contributed by atoms with van der Waals surface area (Å²) in [6, 6.07) is 0. The van der Waals surface area contributed by atoms with Crippen LogP contribution in [0, 0.1) is 0 Å². The maximum absolute atomic E-state index is 12.9. The SMILES string of the molecule is CC/C=C\C/C=C\C/C=C\C/C=C\CCCCCCCCCCCCCCCCCCCCCCCCCCC(=O)OCC(COP(=O)([O-])OCC[N+](C)(C)C)OC(=O)CCCCCCCCCCCCCCCCCCCCCCCCCC/C=C\C/C=C\C/C=C\C/C=C\CC. The second-order valence-corrected chi connectivity index (χ2v) is 30.8. The molecule has 0 saturated heterocycles. The summed E-state index contributed by atoms with van der Waals surface area (Å²) in [4.78, 5) is 38.2. The normalized spacial score (nSPS) is 13.5. The average molecular weight is 1390 g/mol. The lowest BCUT2D eigenvalue weighted by Crippen LogP contribution is -2.37. The molecule has 9 nitrogen and oxygen atoms in total. The number of carbonyl (C=O) groups is 2. The summed E-state index contributed by atoms with van der Waals surface area (Å²) < 4.78 is 34.5. The average Bonchev–Trinajstić information content (AvgIpc) is 1.14. The van der Waals surface area contributed by atoms with Crippen LogP contribution in [-0.2, 0) is 32.7 Å². The van der Waals surface area contributed by atoms with E-state index in [4.69, 9.17) is 18.5 Å². The van der Waals surface area contributed by atoms with Crippen molar-refractivity contribution in [3.63, 3.8) is 0 Å². The molecule has 0 aromatic carbocycles. The fourth-order valence-corrected chi connectivity index (χ4v) is 13.0. The molecule has 0 bridgehead atoms. The van der Waals surface area contributed by atoms with Crippen molar-refractivity contribution in [2.75, 3.05) is 47.5 Å². The first-order chi connectivity index (χ1) is 48.0. The highest BCUT2D eigenvalue weighted by molar-refractivity contribution is 7.45. The molecule has 98 heavy (non-hydrogen) atoms. The number of rotatable bonds is 78. The lowest BCUT2D eigenvalue weighted by Gasteiger charge is -2.28. The van der Waals surface area contributed by atoms with Gasteiger partial charge in [-0.15, -0.1) is 0 Å². The Bertz CT molecular complexity index is 1980. The Balaban J connectivity index is 3.88. The number of carbonyl (C=O) groups excluding carboxylic acids is 2. The number of likely N-dealkylation sites (N-methyl/N-ethyl adjacent to an activating group) is 1. The van der Waals surface area contributed by atoms with Crippen LogP contribution in [0.5, 0.6) is 0 Å². The predicted molar refractivity (Wildman–Crippen MR) is 425 cm³/mol. The Hall–Kier alpha value is -3.07. The lowest BCUT2D eigenvalue weighted by molar-refractivity contribution is -0.870. The van der Waals surface area contributed by atoms with Gasteiger partial charge < -0.3 is 27.9 Å². The van der Waals surface area contributed by atoms with Crippen LogP contribution in [0.1, 0.15) is 399 Å². The zero-order valence-corrected chi connectivity index (χ0v) is 66.1. The number of quaternary nitrogens is 1. The molecule has 10 heteroatoms. The van der Waals surface area contributed by atoms with Crippen molar-refractivity contribution in [3.8, 4) is 0 Å². The summed E-state index contributed by atoms with van der Waals surface area (Å²) in [6.07, 6.45) is 110. The molecule has 0 amide bonds. The van der Waals surface area contributed by atoms with Crippen LogP contribution in [-0.4, -0.2) is 70.0 Å². The number of hydrogen-bond donors (Lipinski definition) is 0. The number of ether oxygens (including phenoxy) is 2. The molecule has 0 N–H and O–H groups in total. The van der Waals surface area contributed by atoms with E-state index in [1.54, 1.807) is 0 Å². The van der Waals surface area contributed by atoms with Gasteiger partial charge in [0.15, 0.2) is 6.10 Å². The largest absolute Gasteiger partial charge is 0.756 e. The van der Waals surface area contributed by atoms with Gasteiger partial charge in [0.1, 0.15) is 19.8 Å². The van der Waals surface area contributed by atoms with Crippen molar-refractivity contribution in [2.24, 2.45) is 0 Å². The van der Waals surface area contributed by atoms with E-state index in [0.717, 1.165) is 83.5 Å². The van der Waals surface area contributed by atoms with Crippen LogP contribution in [0.4, 0.5) is 0 Å². The van der Waals surface area contributed by atoms with E-state index < -0.39 is 26.5 Å². The van der Waals surface area contributed by atoms with Crippen molar-refractivity contribution in [1.29, 1.82) is 0 Å². The molecular formula is C88H160NO8P. The first kappa shape index (κ1) is 94.9. The van der Waals surface area contributed by atoms with Crippen LogP contribution in [0.3, 0.4) is 0 Å². The van der Waals surface area contributed by atoms with Gasteiger partial charge in [0.2, 0.25) is 0 Å². The lowest BCUT2D eigenvalue weighted by atomic mass is 10.0. The van der Waals surface area contributed by atoms with E-state index in [1.165, 1.54) is 283 Å². The monoisotopic (exact) mass is 1390 g/mol. The van der Waals surface area contributed by atoms with Gasteiger partial charge in [0.25, 0.3) is 7.82 Å². The first-order valence-corrected chi connectivity index (χ1v) is 43.4. The molecule has 0 saturated carbocycles. The summed E-state index contributed by atoms with van der Waals surface area (Å²) in [5, 5.41) is 0. The van der Waals surface area contributed by atoms with Crippen molar-refractivity contribution >= 4 is 19.8 Å². The second-order valence-electron chi connectivity index (χ2n) is 29.4. The number of unbranched alkanes of at least 4 members (excludes halogenated alkanes) is 48. The summed E-state index contributed by atoms with van der Waals surface area (Å²) in [5.74, 6) is -0.811. The van der Waals surface area contributed by atoms with Crippen molar-refractivity contribution in [3.05, 3.63) is 97.2 Å². The third-order valence-corrected chi connectivity index (χ3v) is 19.6. The summed E-state index contributed by atoms with van der Waals surface area (Å²) in [7, 11) is 1.18. The highest BCUT2D eigenvalue weighted by atomic mass is 31.2. The molecule has 0 aliphatic rings. The Morgan fingerprint density at radius 2 is 0.551 bits per heavy atom. The Labute approximate surface area is 608 Å². The molecule has 0 spiro atoms. The van der Waals surface area contributed by atoms with Gasteiger partial charge in [-0.1, -0.05) is 394 Å². The van der Waals surface area contributed by atoms with Crippen LogP contribution in [0.2, 0.25) is 0 Å². The van der Waals surface area contributed by atoms with E-state index in [-0.39, 0.29) is 32.0 Å². The van der Waals surface area contributed by atoms with Gasteiger partial charge in [-0.3, -0.25) is 14.2 Å². The third kappa shape index (κ3) is 81.9. The van der Waals surface area contributed by atoms with E-state index in [0.29, 0.717) is 17.4 Å². The quantitative estimate of drug-likeness (QED) is 0.0195. The van der Waals surface area contributed by atoms with Crippen LogP contribution in [0.25, 0.3) is 0 Å². The van der Waals surface area contributed by atoms with Crippen molar-refractivity contribution in [2.45, 2.75) is 405 Å². The summed E-state index contributed by atoms with van der Waals surface area (Å²) in [6.45, 7) is 4.08. The van der Waals surface area contributed by atoms with Crippen molar-refractivity contribution < 1.29 is 42.1 Å². The van der Waals surface area contributed by atoms with Crippen molar-refractivity contribution in [1.82, 2.24) is 0 Å². The minimum atomic E-state index is -4.65. The van der Waals surface area contributed by atoms with E-state index in [2.05, 4.69) is 111 Å². The minimum Gasteiger partial charge on any atom is -0.756 e. The molecule has 0 heterocycles. The van der Waals surface area contributed by atoms with Gasteiger partial charge in [0, 0.05) is 12.8 Å². The molecule has 0 rings (SSSR count). The molecule has 0 aromatic heterocycles. The van der Waals surface area contributed by atoms with Gasteiger partial charge >= 0.3 is 11.9 Å². The minimum absolute atomic E-state index is 0.0295. The molecule has 0 aromatic rings.